The highest BCUT2D eigenvalue weighted by molar-refractivity contribution is 7.92. The summed E-state index contributed by atoms with van der Waals surface area (Å²) >= 11 is 5.66. The van der Waals surface area contributed by atoms with Crippen molar-refractivity contribution in [2.45, 2.75) is 4.90 Å². The van der Waals surface area contributed by atoms with Gasteiger partial charge in [-0.2, -0.15) is 0 Å². The maximum Gasteiger partial charge on any atom is 0.243 e. The fraction of sp³-hybridized carbons (Fsp3) is 0.125. The highest BCUT2D eigenvalue weighted by atomic mass is 35.5. The lowest BCUT2D eigenvalue weighted by molar-refractivity contribution is -0.122. The Morgan fingerprint density at radius 2 is 1.56 bits per heavy atom. The fourth-order valence-electron chi connectivity index (χ4n) is 1.94. The molecular weight excluding hydrogens is 409 g/mol. The van der Waals surface area contributed by atoms with Crippen molar-refractivity contribution in [2.24, 2.45) is 0 Å². The zero-order valence-electron chi connectivity index (χ0n) is 13.4. The number of sulfone groups is 1. The van der Waals surface area contributed by atoms with Gasteiger partial charge in [0.1, 0.15) is 5.75 Å². The molecule has 2 N–H and O–H groups in total. The number of hydrogen-bond acceptors (Lipinski definition) is 4. The summed E-state index contributed by atoms with van der Waals surface area (Å²) in [6, 6.07) is 6.56. The lowest BCUT2D eigenvalue weighted by atomic mass is 10.2. The van der Waals surface area contributed by atoms with Crippen LogP contribution in [0.25, 0.3) is 0 Å². The Morgan fingerprint density at radius 3 is 2.19 bits per heavy atom. The van der Waals surface area contributed by atoms with E-state index in [9.17, 15) is 31.2 Å². The highest BCUT2D eigenvalue weighted by Gasteiger charge is 2.20. The number of rotatable bonds is 6. The molecule has 0 saturated heterocycles. The smallest absolute Gasteiger partial charge is 0.243 e. The molecule has 0 heterocycles. The Morgan fingerprint density at radius 1 is 0.926 bits per heavy atom. The molecule has 0 aromatic heterocycles. The van der Waals surface area contributed by atoms with Crippen LogP contribution in [0.5, 0.6) is 0 Å². The third-order valence-corrected chi connectivity index (χ3v) is 5.13. The molecule has 27 heavy (non-hydrogen) atoms. The van der Waals surface area contributed by atoms with Crippen LogP contribution in [0, 0.1) is 17.5 Å². The molecule has 2 rings (SSSR count). The van der Waals surface area contributed by atoms with Crippen LogP contribution >= 0.6 is 11.6 Å². The first-order valence-electron chi connectivity index (χ1n) is 7.28. The van der Waals surface area contributed by atoms with Crippen molar-refractivity contribution >= 4 is 38.9 Å². The van der Waals surface area contributed by atoms with Crippen LogP contribution in [0.4, 0.5) is 18.9 Å². The maximum atomic E-state index is 13.5. The van der Waals surface area contributed by atoms with E-state index in [-0.39, 0.29) is 4.90 Å². The number of nitrogens with one attached hydrogen (secondary N) is 2. The van der Waals surface area contributed by atoms with Gasteiger partial charge in [-0.05, 0) is 36.4 Å². The van der Waals surface area contributed by atoms with Gasteiger partial charge in [-0.25, -0.2) is 21.6 Å². The van der Waals surface area contributed by atoms with E-state index in [0.29, 0.717) is 11.1 Å². The first kappa shape index (κ1) is 20.7. The van der Waals surface area contributed by atoms with E-state index in [4.69, 9.17) is 11.6 Å². The number of carbonyl (C=O) groups is 2. The molecule has 0 aliphatic heterocycles. The Hall–Kier alpha value is -2.59. The zero-order chi connectivity index (χ0) is 20.2. The molecule has 0 bridgehead atoms. The number of halogens is 4. The van der Waals surface area contributed by atoms with E-state index in [1.165, 1.54) is 24.3 Å². The predicted octanol–water partition coefficient (Wildman–Crippen LogP) is 2.29. The average molecular weight is 421 g/mol. The highest BCUT2D eigenvalue weighted by Crippen LogP contribution is 2.19. The number of benzene rings is 2. The molecule has 11 heteroatoms. The fourth-order valence-corrected chi connectivity index (χ4v) is 3.24. The molecule has 0 saturated carbocycles. The molecule has 0 atom stereocenters. The maximum absolute atomic E-state index is 13.5. The summed E-state index contributed by atoms with van der Waals surface area (Å²) in [4.78, 5) is 23.3. The lowest BCUT2D eigenvalue weighted by Gasteiger charge is -2.09. The van der Waals surface area contributed by atoms with Gasteiger partial charge in [0.05, 0.1) is 17.1 Å². The Kier molecular flexibility index (Phi) is 6.45. The molecule has 0 radical (unpaired) electrons. The van der Waals surface area contributed by atoms with Crippen LogP contribution in [0.15, 0.2) is 41.3 Å². The monoisotopic (exact) mass is 420 g/mol. The Labute approximate surface area is 157 Å². The summed E-state index contributed by atoms with van der Waals surface area (Å²) in [5.74, 6) is -7.65. The molecule has 0 unspecified atom stereocenters. The van der Waals surface area contributed by atoms with Crippen LogP contribution in [-0.2, 0) is 19.4 Å². The van der Waals surface area contributed by atoms with Gasteiger partial charge in [0, 0.05) is 5.02 Å². The summed E-state index contributed by atoms with van der Waals surface area (Å²) in [5.41, 5.74) is -0.623. The van der Waals surface area contributed by atoms with Crippen molar-refractivity contribution in [2.75, 3.05) is 17.6 Å². The molecule has 2 aromatic carbocycles. The average Bonchev–Trinajstić information content (AvgIpc) is 2.60. The molecule has 0 fully saturated rings. The topological polar surface area (TPSA) is 92.3 Å². The van der Waals surface area contributed by atoms with Gasteiger partial charge in [-0.3, -0.25) is 9.59 Å². The number of carbonyl (C=O) groups excluding carboxylic acids is 2. The summed E-state index contributed by atoms with van der Waals surface area (Å²) in [6.07, 6.45) is 0. The van der Waals surface area contributed by atoms with E-state index in [1.54, 1.807) is 0 Å². The van der Waals surface area contributed by atoms with Gasteiger partial charge >= 0.3 is 0 Å². The van der Waals surface area contributed by atoms with Crippen molar-refractivity contribution in [3.8, 4) is 0 Å². The minimum Gasteiger partial charge on any atom is -0.346 e. The standard InChI is InChI=1S/C16H12ClF3N2O4S/c17-9-1-3-10(4-2-9)27(25,26)8-14(24)21-7-13(23)22-12-6-5-11(18)15(19)16(12)20/h1-6H,7-8H2,(H,21,24)(H,22,23). The zero-order valence-corrected chi connectivity index (χ0v) is 15.0. The number of anilines is 1. The van der Waals surface area contributed by atoms with Crippen LogP contribution in [0.2, 0.25) is 5.02 Å². The van der Waals surface area contributed by atoms with E-state index >= 15 is 0 Å². The van der Waals surface area contributed by atoms with E-state index < -0.39 is 57.1 Å². The van der Waals surface area contributed by atoms with Crippen LogP contribution in [-0.4, -0.2) is 32.5 Å². The van der Waals surface area contributed by atoms with Crippen molar-refractivity contribution in [1.82, 2.24) is 5.32 Å². The molecule has 2 aromatic rings. The predicted molar refractivity (Wildman–Crippen MR) is 91.5 cm³/mol. The summed E-state index contributed by atoms with van der Waals surface area (Å²) < 4.78 is 63.5. The minimum absolute atomic E-state index is 0.129. The van der Waals surface area contributed by atoms with Gasteiger partial charge in [-0.1, -0.05) is 11.6 Å². The molecule has 0 aliphatic rings. The molecule has 6 nitrogen and oxygen atoms in total. The second kappa shape index (κ2) is 8.40. The SMILES string of the molecule is O=C(CS(=O)(=O)c1ccc(Cl)cc1)NCC(=O)Nc1ccc(F)c(F)c1F. The van der Waals surface area contributed by atoms with Gasteiger partial charge < -0.3 is 10.6 Å². The van der Waals surface area contributed by atoms with Gasteiger partial charge in [-0.15, -0.1) is 0 Å². The van der Waals surface area contributed by atoms with Gasteiger partial charge in [0.25, 0.3) is 0 Å². The second-order valence-electron chi connectivity index (χ2n) is 5.26. The third kappa shape index (κ3) is 5.44. The van der Waals surface area contributed by atoms with Gasteiger partial charge in [0.15, 0.2) is 27.3 Å². The molecule has 2 amide bonds. The van der Waals surface area contributed by atoms with Crippen molar-refractivity contribution < 1.29 is 31.2 Å². The van der Waals surface area contributed by atoms with E-state index in [1.807, 2.05) is 10.6 Å². The van der Waals surface area contributed by atoms with Crippen molar-refractivity contribution in [3.63, 3.8) is 0 Å². The van der Waals surface area contributed by atoms with Crippen LogP contribution in [0.3, 0.4) is 0 Å². The summed E-state index contributed by atoms with van der Waals surface area (Å²) in [5, 5.41) is 4.29. The summed E-state index contributed by atoms with van der Waals surface area (Å²) in [7, 11) is -3.95. The largest absolute Gasteiger partial charge is 0.346 e. The number of hydrogen-bond donors (Lipinski definition) is 2. The number of amides is 2. The van der Waals surface area contributed by atoms with Crippen molar-refractivity contribution in [3.05, 3.63) is 58.9 Å². The van der Waals surface area contributed by atoms with Gasteiger partial charge in [0.2, 0.25) is 11.8 Å². The third-order valence-electron chi connectivity index (χ3n) is 3.25. The molecule has 0 spiro atoms. The normalized spacial score (nSPS) is 11.1. The minimum atomic E-state index is -3.95. The lowest BCUT2D eigenvalue weighted by Crippen LogP contribution is -2.36. The first-order valence-corrected chi connectivity index (χ1v) is 9.31. The molecule has 0 aliphatic carbocycles. The molecule has 144 valence electrons. The van der Waals surface area contributed by atoms with Crippen molar-refractivity contribution in [1.29, 1.82) is 0 Å². The van der Waals surface area contributed by atoms with Crippen LogP contribution in [0.1, 0.15) is 0 Å². The Bertz CT molecular complexity index is 982. The van der Waals surface area contributed by atoms with E-state index in [0.717, 1.165) is 6.07 Å². The quantitative estimate of drug-likeness (QED) is 0.701. The Balaban J connectivity index is 1.92. The first-order chi connectivity index (χ1) is 12.6. The molecular formula is C16H12ClF3N2O4S. The summed E-state index contributed by atoms with van der Waals surface area (Å²) in [6.45, 7) is -0.701. The van der Waals surface area contributed by atoms with Crippen LogP contribution < -0.4 is 10.6 Å². The second-order valence-corrected chi connectivity index (χ2v) is 7.69. The van der Waals surface area contributed by atoms with E-state index in [2.05, 4.69) is 0 Å².